The maximum absolute atomic E-state index is 9.11. The largest absolute Gasteiger partial charge is 0.310 e. The minimum atomic E-state index is -0.124. The van der Waals surface area contributed by atoms with Gasteiger partial charge in [-0.15, -0.1) is 0 Å². The SMILES string of the molecule is CC1(C)c2cc(Br)ccc2N(c2ccc(C#N)cc2)c2ccc(Br)cc21.CC1(C)c2ccccc2N(c2ccc(C#N)cc2)c2ccccc21. The quantitative estimate of drug-likeness (QED) is 0.176. The number of anilines is 6. The van der Waals surface area contributed by atoms with Gasteiger partial charge in [0, 0.05) is 31.2 Å². The molecule has 0 saturated heterocycles. The lowest BCUT2D eigenvalue weighted by Crippen LogP contribution is -2.30. The number of hydrogen-bond donors (Lipinski definition) is 0. The van der Waals surface area contributed by atoms with Gasteiger partial charge in [-0.3, -0.25) is 0 Å². The predicted molar refractivity (Wildman–Crippen MR) is 211 cm³/mol. The molecule has 2 aliphatic rings. The first-order chi connectivity index (χ1) is 24.0. The molecule has 0 saturated carbocycles. The van der Waals surface area contributed by atoms with E-state index in [0.717, 1.165) is 31.7 Å². The van der Waals surface area contributed by atoms with Crippen molar-refractivity contribution in [2.24, 2.45) is 0 Å². The highest BCUT2D eigenvalue weighted by atomic mass is 79.9. The van der Waals surface area contributed by atoms with Gasteiger partial charge < -0.3 is 9.80 Å². The zero-order valence-corrected chi connectivity index (χ0v) is 31.4. The Morgan fingerprint density at radius 1 is 0.440 bits per heavy atom. The smallest absolute Gasteiger partial charge is 0.0991 e. The van der Waals surface area contributed by atoms with Gasteiger partial charge in [0.05, 0.1) is 46.0 Å². The fraction of sp³-hybridized carbons (Fsp3) is 0.136. The van der Waals surface area contributed by atoms with Crippen molar-refractivity contribution in [3.63, 3.8) is 0 Å². The topological polar surface area (TPSA) is 54.1 Å². The van der Waals surface area contributed by atoms with E-state index in [1.165, 1.54) is 33.6 Å². The van der Waals surface area contributed by atoms with E-state index in [9.17, 15) is 0 Å². The Labute approximate surface area is 311 Å². The summed E-state index contributed by atoms with van der Waals surface area (Å²) >= 11 is 7.26. The van der Waals surface area contributed by atoms with Crippen LogP contribution in [0.25, 0.3) is 0 Å². The van der Waals surface area contributed by atoms with Gasteiger partial charge >= 0.3 is 0 Å². The van der Waals surface area contributed by atoms with E-state index in [1.807, 2.05) is 48.5 Å². The summed E-state index contributed by atoms with van der Waals surface area (Å²) in [6.07, 6.45) is 0. The molecule has 0 aromatic heterocycles. The van der Waals surface area contributed by atoms with Gasteiger partial charge in [-0.1, -0.05) is 96.0 Å². The van der Waals surface area contributed by atoms with Crippen LogP contribution in [-0.2, 0) is 10.8 Å². The highest BCUT2D eigenvalue weighted by Crippen LogP contribution is 2.53. The molecule has 8 rings (SSSR count). The number of nitrogens with zero attached hydrogens (tertiary/aromatic N) is 4. The van der Waals surface area contributed by atoms with E-state index >= 15 is 0 Å². The molecule has 0 unspecified atom stereocenters. The summed E-state index contributed by atoms with van der Waals surface area (Å²) in [5.74, 6) is 0. The molecule has 0 aliphatic carbocycles. The summed E-state index contributed by atoms with van der Waals surface area (Å²) in [6.45, 7) is 9.08. The highest BCUT2D eigenvalue weighted by Gasteiger charge is 2.38. The van der Waals surface area contributed by atoms with Gasteiger partial charge in [-0.25, -0.2) is 0 Å². The van der Waals surface area contributed by atoms with Gasteiger partial charge in [0.15, 0.2) is 0 Å². The third kappa shape index (κ3) is 5.69. The Bertz CT molecular complexity index is 2220. The highest BCUT2D eigenvalue weighted by molar-refractivity contribution is 9.10. The normalized spacial score (nSPS) is 14.4. The second-order valence-corrected chi connectivity index (χ2v) is 15.4. The molecule has 50 heavy (non-hydrogen) atoms. The number of benzene rings is 6. The number of hydrogen-bond acceptors (Lipinski definition) is 4. The first kappa shape index (κ1) is 33.4. The van der Waals surface area contributed by atoms with E-state index in [2.05, 4.69) is 166 Å². The van der Waals surface area contributed by atoms with Crippen molar-refractivity contribution in [2.45, 2.75) is 38.5 Å². The second kappa shape index (κ2) is 13.0. The molecule has 244 valence electrons. The number of fused-ring (bicyclic) bond motifs is 4. The predicted octanol–water partition coefficient (Wildman–Crippen LogP) is 12.9. The van der Waals surface area contributed by atoms with Crippen LogP contribution < -0.4 is 9.80 Å². The molecule has 0 amide bonds. The minimum Gasteiger partial charge on any atom is -0.310 e. The van der Waals surface area contributed by atoms with Crippen LogP contribution in [-0.4, -0.2) is 0 Å². The van der Waals surface area contributed by atoms with Crippen molar-refractivity contribution in [1.82, 2.24) is 0 Å². The average molecular weight is 779 g/mol. The lowest BCUT2D eigenvalue weighted by molar-refractivity contribution is 0.631. The van der Waals surface area contributed by atoms with Gasteiger partial charge in [-0.05, 0) is 119 Å². The Balaban J connectivity index is 0.000000157. The van der Waals surface area contributed by atoms with Crippen LogP contribution in [0.3, 0.4) is 0 Å². The van der Waals surface area contributed by atoms with Crippen LogP contribution in [0.2, 0.25) is 0 Å². The summed E-state index contributed by atoms with van der Waals surface area (Å²) in [4.78, 5) is 4.56. The molecule has 2 heterocycles. The molecule has 2 aliphatic heterocycles. The fourth-order valence-electron chi connectivity index (χ4n) is 7.28. The lowest BCUT2D eigenvalue weighted by atomic mass is 9.73. The Kier molecular flexibility index (Phi) is 8.64. The van der Waals surface area contributed by atoms with E-state index in [0.29, 0.717) is 11.1 Å². The van der Waals surface area contributed by atoms with Crippen LogP contribution >= 0.6 is 31.9 Å². The molecule has 0 bridgehead atoms. The van der Waals surface area contributed by atoms with Crippen LogP contribution in [0.5, 0.6) is 0 Å². The monoisotopic (exact) mass is 776 g/mol. The van der Waals surface area contributed by atoms with Gasteiger partial charge in [0.25, 0.3) is 0 Å². The molecule has 6 aromatic carbocycles. The van der Waals surface area contributed by atoms with Crippen LogP contribution in [0, 0.1) is 22.7 Å². The van der Waals surface area contributed by atoms with Crippen molar-refractivity contribution in [3.05, 3.63) is 176 Å². The van der Waals surface area contributed by atoms with Crippen LogP contribution in [0.4, 0.5) is 34.1 Å². The van der Waals surface area contributed by atoms with E-state index in [1.54, 1.807) is 0 Å². The van der Waals surface area contributed by atoms with Crippen LogP contribution in [0.15, 0.2) is 142 Å². The molecular weight excluding hydrogens is 744 g/mol. The number of para-hydroxylation sites is 2. The van der Waals surface area contributed by atoms with E-state index < -0.39 is 0 Å². The van der Waals surface area contributed by atoms with Gasteiger partial charge in [0.2, 0.25) is 0 Å². The first-order valence-corrected chi connectivity index (χ1v) is 18.0. The van der Waals surface area contributed by atoms with Gasteiger partial charge in [0.1, 0.15) is 0 Å². The average Bonchev–Trinajstić information content (AvgIpc) is 3.13. The standard InChI is InChI=1S/C22H16Br2N2.C22H18N2/c1-22(2)18-11-15(23)5-9-20(18)26(17-7-3-14(13-25)4-8-17)21-10-6-16(24)12-19(21)22;1-22(2)18-7-3-5-9-20(18)24(21-10-6-4-8-19(21)22)17-13-11-16(15-23)12-14-17/h3-12H,1-2H3;3-14H,1-2H3. The maximum atomic E-state index is 9.11. The van der Waals surface area contributed by atoms with Gasteiger partial charge in [-0.2, -0.15) is 10.5 Å². The molecule has 0 spiro atoms. The molecular formula is C44H34Br2N4. The maximum Gasteiger partial charge on any atom is 0.0991 e. The number of rotatable bonds is 2. The Morgan fingerprint density at radius 3 is 1.16 bits per heavy atom. The first-order valence-electron chi connectivity index (χ1n) is 16.4. The third-order valence-electron chi connectivity index (χ3n) is 9.89. The van der Waals surface area contributed by atoms with Crippen molar-refractivity contribution in [3.8, 4) is 12.1 Å². The molecule has 0 fully saturated rings. The van der Waals surface area contributed by atoms with Crippen molar-refractivity contribution in [1.29, 1.82) is 10.5 Å². The third-order valence-corrected chi connectivity index (χ3v) is 10.9. The Morgan fingerprint density at radius 2 is 0.780 bits per heavy atom. The van der Waals surface area contributed by atoms with Crippen LogP contribution in [0.1, 0.15) is 61.1 Å². The van der Waals surface area contributed by atoms with Crippen molar-refractivity contribution in [2.75, 3.05) is 9.80 Å². The molecule has 0 radical (unpaired) electrons. The Hall–Kier alpha value is -5.14. The molecule has 0 N–H and O–H groups in total. The molecule has 6 aromatic rings. The lowest BCUT2D eigenvalue weighted by Gasteiger charge is -2.42. The molecule has 0 atom stereocenters. The number of nitriles is 2. The van der Waals surface area contributed by atoms with Crippen molar-refractivity contribution >= 4 is 66.0 Å². The van der Waals surface area contributed by atoms with E-state index in [4.69, 9.17) is 10.5 Å². The summed E-state index contributed by atoms with van der Waals surface area (Å²) in [6, 6.07) is 49.9. The number of halogens is 2. The molecule has 4 nitrogen and oxygen atoms in total. The molecule has 6 heteroatoms. The second-order valence-electron chi connectivity index (χ2n) is 13.6. The summed E-state index contributed by atoms with van der Waals surface area (Å²) in [5.41, 5.74) is 13.2. The fourth-order valence-corrected chi connectivity index (χ4v) is 8.00. The summed E-state index contributed by atoms with van der Waals surface area (Å²) in [7, 11) is 0. The zero-order chi connectivity index (χ0) is 35.2. The zero-order valence-electron chi connectivity index (χ0n) is 28.2. The van der Waals surface area contributed by atoms with E-state index in [-0.39, 0.29) is 10.8 Å². The minimum absolute atomic E-state index is 0.0454. The van der Waals surface area contributed by atoms with Crippen molar-refractivity contribution < 1.29 is 0 Å². The summed E-state index contributed by atoms with van der Waals surface area (Å²) in [5, 5.41) is 18.2. The summed E-state index contributed by atoms with van der Waals surface area (Å²) < 4.78 is 2.14.